The molecule has 0 radical (unpaired) electrons. The van der Waals surface area contributed by atoms with Gasteiger partial charge >= 0.3 is 0 Å². The number of hydrogen-bond donors (Lipinski definition) is 0. The van der Waals surface area contributed by atoms with E-state index in [9.17, 15) is 0 Å². The van der Waals surface area contributed by atoms with E-state index in [-0.39, 0.29) is 0 Å². The monoisotopic (exact) mass is 284 g/mol. The molecule has 0 saturated heterocycles. The first-order valence-electron chi connectivity index (χ1n) is 7.72. The number of rotatable bonds is 8. The fourth-order valence-corrected chi connectivity index (χ4v) is 3.03. The molecular formula is C19H25P. The minimum atomic E-state index is 0.549. The molecule has 1 atom stereocenters. The molecule has 0 aliphatic rings. The summed E-state index contributed by atoms with van der Waals surface area (Å²) in [7, 11) is 2.82. The number of unbranched alkanes of at least 4 members (excludes halogenated alkanes) is 3. The zero-order chi connectivity index (χ0) is 14.0. The van der Waals surface area contributed by atoms with Gasteiger partial charge in [0.2, 0.25) is 0 Å². The van der Waals surface area contributed by atoms with E-state index in [4.69, 9.17) is 0 Å². The van der Waals surface area contributed by atoms with Crippen molar-refractivity contribution in [2.24, 2.45) is 0 Å². The Morgan fingerprint density at radius 1 is 0.650 bits per heavy atom. The van der Waals surface area contributed by atoms with E-state index in [1.165, 1.54) is 49.4 Å². The van der Waals surface area contributed by atoms with Gasteiger partial charge in [-0.3, -0.25) is 0 Å². The van der Waals surface area contributed by atoms with Gasteiger partial charge in [-0.1, -0.05) is 79.9 Å². The summed E-state index contributed by atoms with van der Waals surface area (Å²) in [6.07, 6.45) is 7.86. The molecule has 0 aromatic heterocycles. The maximum absolute atomic E-state index is 2.82. The molecule has 0 fully saturated rings. The van der Waals surface area contributed by atoms with E-state index in [1.54, 1.807) is 0 Å². The lowest BCUT2D eigenvalue weighted by Gasteiger charge is -2.18. The van der Waals surface area contributed by atoms with Crippen molar-refractivity contribution in [3.63, 3.8) is 0 Å². The molecule has 0 aliphatic carbocycles. The lowest BCUT2D eigenvalue weighted by Crippen LogP contribution is -2.01. The molecule has 2 aromatic rings. The van der Waals surface area contributed by atoms with Crippen LogP contribution in [0, 0.1) is 0 Å². The Morgan fingerprint density at radius 3 is 1.65 bits per heavy atom. The standard InChI is InChI=1S/C19H25P/c20-16-10-2-1-9-15-19(17-11-5-3-6-12-17)18-13-7-4-8-14-18/h3-8,11-14,19H,1-2,9-10,15-16,20H2. The van der Waals surface area contributed by atoms with Crippen LogP contribution >= 0.6 is 9.24 Å². The van der Waals surface area contributed by atoms with Crippen molar-refractivity contribution in [3.8, 4) is 0 Å². The zero-order valence-electron chi connectivity index (χ0n) is 12.2. The Morgan fingerprint density at radius 2 is 1.15 bits per heavy atom. The third-order valence-electron chi connectivity index (χ3n) is 3.85. The first-order valence-corrected chi connectivity index (χ1v) is 8.53. The number of benzene rings is 2. The Balaban J connectivity index is 2.02. The Labute approximate surface area is 125 Å². The summed E-state index contributed by atoms with van der Waals surface area (Å²) in [6, 6.07) is 21.9. The second kappa shape index (κ2) is 8.93. The van der Waals surface area contributed by atoms with Crippen LogP contribution in [0.3, 0.4) is 0 Å². The van der Waals surface area contributed by atoms with E-state index in [1.807, 2.05) is 0 Å². The zero-order valence-corrected chi connectivity index (χ0v) is 13.3. The van der Waals surface area contributed by atoms with Crippen LogP contribution in [0.4, 0.5) is 0 Å². The summed E-state index contributed by atoms with van der Waals surface area (Å²) in [5, 5.41) is 0. The summed E-state index contributed by atoms with van der Waals surface area (Å²) in [6.45, 7) is 0. The van der Waals surface area contributed by atoms with Crippen LogP contribution in [-0.2, 0) is 0 Å². The highest BCUT2D eigenvalue weighted by atomic mass is 31.0. The predicted octanol–water partition coefficient (Wildman–Crippen LogP) is 5.64. The average molecular weight is 284 g/mol. The predicted molar refractivity (Wildman–Crippen MR) is 92.4 cm³/mol. The molecule has 20 heavy (non-hydrogen) atoms. The van der Waals surface area contributed by atoms with Crippen LogP contribution in [-0.4, -0.2) is 6.16 Å². The molecule has 106 valence electrons. The molecule has 0 saturated carbocycles. The minimum absolute atomic E-state index is 0.549. The van der Waals surface area contributed by atoms with Crippen molar-refractivity contribution in [3.05, 3.63) is 71.8 Å². The maximum Gasteiger partial charge on any atom is 0.00893 e. The van der Waals surface area contributed by atoms with Crippen molar-refractivity contribution in [2.45, 2.75) is 38.0 Å². The third-order valence-corrected chi connectivity index (χ3v) is 4.26. The highest BCUT2D eigenvalue weighted by Gasteiger charge is 2.12. The molecule has 1 heteroatoms. The molecule has 2 rings (SSSR count). The summed E-state index contributed by atoms with van der Waals surface area (Å²) in [5.41, 5.74) is 2.90. The lowest BCUT2D eigenvalue weighted by molar-refractivity contribution is 0.598. The lowest BCUT2D eigenvalue weighted by atomic mass is 9.87. The Kier molecular flexibility index (Phi) is 6.81. The summed E-state index contributed by atoms with van der Waals surface area (Å²) in [5.74, 6) is 0.549. The van der Waals surface area contributed by atoms with Gasteiger partial charge in [0.25, 0.3) is 0 Å². The van der Waals surface area contributed by atoms with Crippen molar-refractivity contribution < 1.29 is 0 Å². The molecule has 0 heterocycles. The first-order chi connectivity index (χ1) is 9.92. The van der Waals surface area contributed by atoms with Crippen molar-refractivity contribution in [1.29, 1.82) is 0 Å². The molecule has 0 nitrogen and oxygen atoms in total. The molecular weight excluding hydrogens is 259 g/mol. The van der Waals surface area contributed by atoms with Gasteiger partial charge in [-0.25, -0.2) is 0 Å². The Bertz CT molecular complexity index is 424. The van der Waals surface area contributed by atoms with E-state index in [0.29, 0.717) is 5.92 Å². The van der Waals surface area contributed by atoms with Gasteiger partial charge in [0.15, 0.2) is 0 Å². The fourth-order valence-electron chi connectivity index (χ4n) is 2.74. The van der Waals surface area contributed by atoms with E-state index < -0.39 is 0 Å². The smallest absolute Gasteiger partial charge is 0.00893 e. The van der Waals surface area contributed by atoms with Crippen LogP contribution in [0.25, 0.3) is 0 Å². The van der Waals surface area contributed by atoms with Crippen molar-refractivity contribution >= 4 is 9.24 Å². The van der Waals surface area contributed by atoms with E-state index in [0.717, 1.165) is 0 Å². The van der Waals surface area contributed by atoms with Crippen LogP contribution < -0.4 is 0 Å². The normalized spacial score (nSPS) is 10.9. The molecule has 0 amide bonds. The second-order valence-corrected chi connectivity index (χ2v) is 5.94. The van der Waals surface area contributed by atoms with E-state index in [2.05, 4.69) is 69.9 Å². The fraction of sp³-hybridized carbons (Fsp3) is 0.368. The maximum atomic E-state index is 2.82. The highest BCUT2D eigenvalue weighted by Crippen LogP contribution is 2.29. The molecule has 2 aromatic carbocycles. The van der Waals surface area contributed by atoms with Gasteiger partial charge < -0.3 is 0 Å². The van der Waals surface area contributed by atoms with Crippen molar-refractivity contribution in [1.82, 2.24) is 0 Å². The van der Waals surface area contributed by atoms with Gasteiger partial charge in [0, 0.05) is 5.92 Å². The molecule has 0 bridgehead atoms. The SMILES string of the molecule is PCCCCCCC(c1ccccc1)c1ccccc1. The summed E-state index contributed by atoms with van der Waals surface area (Å²) in [4.78, 5) is 0. The topological polar surface area (TPSA) is 0 Å². The van der Waals surface area contributed by atoms with Gasteiger partial charge in [0.1, 0.15) is 0 Å². The van der Waals surface area contributed by atoms with Crippen LogP contribution in [0.2, 0.25) is 0 Å². The van der Waals surface area contributed by atoms with Gasteiger partial charge in [-0.2, -0.15) is 0 Å². The van der Waals surface area contributed by atoms with Gasteiger partial charge in [0.05, 0.1) is 0 Å². The van der Waals surface area contributed by atoms with Crippen molar-refractivity contribution in [2.75, 3.05) is 6.16 Å². The molecule has 0 spiro atoms. The summed E-state index contributed by atoms with van der Waals surface area (Å²) >= 11 is 0. The largest absolute Gasteiger partial charge is 0.138 e. The van der Waals surface area contributed by atoms with E-state index >= 15 is 0 Å². The molecule has 1 unspecified atom stereocenters. The average Bonchev–Trinajstić information content (AvgIpc) is 2.53. The first kappa shape index (κ1) is 15.3. The third kappa shape index (κ3) is 4.76. The van der Waals surface area contributed by atoms with Crippen LogP contribution in [0.5, 0.6) is 0 Å². The highest BCUT2D eigenvalue weighted by molar-refractivity contribution is 7.16. The second-order valence-electron chi connectivity index (χ2n) is 5.37. The molecule has 0 N–H and O–H groups in total. The minimum Gasteiger partial charge on any atom is -0.138 e. The van der Waals surface area contributed by atoms with Crippen LogP contribution in [0.1, 0.15) is 49.1 Å². The quantitative estimate of drug-likeness (QED) is 0.434. The number of hydrogen-bond acceptors (Lipinski definition) is 0. The van der Waals surface area contributed by atoms with Gasteiger partial charge in [-0.05, 0) is 30.1 Å². The van der Waals surface area contributed by atoms with Gasteiger partial charge in [-0.15, -0.1) is 9.24 Å². The van der Waals surface area contributed by atoms with Crippen LogP contribution in [0.15, 0.2) is 60.7 Å². The Hall–Kier alpha value is -1.13. The molecule has 0 aliphatic heterocycles. The summed E-state index contributed by atoms with van der Waals surface area (Å²) < 4.78 is 0.